The summed E-state index contributed by atoms with van der Waals surface area (Å²) in [5, 5.41) is 22.9. The third-order valence-electron chi connectivity index (χ3n) is 2.66. The molecule has 2 rings (SSSR count). The highest BCUT2D eigenvalue weighted by Crippen LogP contribution is 2.15. The van der Waals surface area contributed by atoms with Crippen LogP contribution in [0.4, 0.5) is 16.2 Å². The molecule has 0 aliphatic rings. The molecule has 2 aromatic carbocycles. The third kappa shape index (κ3) is 3.58. The van der Waals surface area contributed by atoms with Crippen LogP contribution in [-0.2, 0) is 0 Å². The number of anilines is 2. The van der Waals surface area contributed by atoms with Gasteiger partial charge in [-0.1, -0.05) is 18.2 Å². The zero-order valence-corrected chi connectivity index (χ0v) is 10.8. The van der Waals surface area contributed by atoms with E-state index in [-0.39, 0.29) is 5.56 Å². The monoisotopic (exact) mass is 281 g/mol. The van der Waals surface area contributed by atoms with E-state index in [1.807, 2.05) is 6.07 Å². The number of nitrogens with one attached hydrogen (secondary N) is 2. The lowest BCUT2D eigenvalue weighted by Crippen LogP contribution is -2.20. The van der Waals surface area contributed by atoms with E-state index in [1.54, 1.807) is 30.3 Å². The van der Waals surface area contributed by atoms with Gasteiger partial charge in [-0.25, -0.2) is 9.59 Å². The number of rotatable bonds is 3. The van der Waals surface area contributed by atoms with E-state index in [4.69, 9.17) is 10.4 Å². The van der Waals surface area contributed by atoms with E-state index in [2.05, 4.69) is 10.6 Å². The van der Waals surface area contributed by atoms with Crippen molar-refractivity contribution in [3.8, 4) is 6.07 Å². The van der Waals surface area contributed by atoms with E-state index in [1.165, 1.54) is 18.2 Å². The number of urea groups is 1. The van der Waals surface area contributed by atoms with Crippen LogP contribution >= 0.6 is 0 Å². The van der Waals surface area contributed by atoms with Crippen molar-refractivity contribution in [3.05, 3.63) is 59.7 Å². The zero-order chi connectivity index (χ0) is 15.2. The van der Waals surface area contributed by atoms with Crippen LogP contribution in [0.15, 0.2) is 48.5 Å². The van der Waals surface area contributed by atoms with Gasteiger partial charge in [0.2, 0.25) is 0 Å². The molecular formula is C15H11N3O3. The molecule has 0 atom stereocenters. The van der Waals surface area contributed by atoms with Crippen LogP contribution in [0.3, 0.4) is 0 Å². The number of carbonyl (C=O) groups excluding carboxylic acids is 1. The Kier molecular flexibility index (Phi) is 4.17. The minimum Gasteiger partial charge on any atom is -0.478 e. The highest BCUT2D eigenvalue weighted by atomic mass is 16.4. The normalized spacial score (nSPS) is 9.48. The topological polar surface area (TPSA) is 102 Å². The van der Waals surface area contributed by atoms with E-state index in [0.29, 0.717) is 16.9 Å². The van der Waals surface area contributed by atoms with Gasteiger partial charge in [0.15, 0.2) is 0 Å². The van der Waals surface area contributed by atoms with E-state index in [9.17, 15) is 9.59 Å². The highest BCUT2D eigenvalue weighted by Gasteiger charge is 2.08. The Morgan fingerprint density at radius 2 is 1.81 bits per heavy atom. The number of nitrogens with zero attached hydrogens (tertiary/aromatic N) is 1. The summed E-state index contributed by atoms with van der Waals surface area (Å²) in [5.41, 5.74) is 1.14. The number of nitriles is 1. The molecule has 0 unspecified atom stereocenters. The molecule has 104 valence electrons. The van der Waals surface area contributed by atoms with Gasteiger partial charge in [0.05, 0.1) is 16.8 Å². The second-order valence-corrected chi connectivity index (χ2v) is 4.12. The van der Waals surface area contributed by atoms with Crippen molar-refractivity contribution in [2.75, 3.05) is 10.6 Å². The van der Waals surface area contributed by atoms with E-state index < -0.39 is 12.0 Å². The van der Waals surface area contributed by atoms with Crippen molar-refractivity contribution < 1.29 is 14.7 Å². The molecule has 0 aromatic heterocycles. The number of amides is 2. The molecule has 6 nitrogen and oxygen atoms in total. The second kappa shape index (κ2) is 6.21. The van der Waals surface area contributed by atoms with Gasteiger partial charge in [-0.3, -0.25) is 0 Å². The molecule has 2 amide bonds. The molecule has 21 heavy (non-hydrogen) atoms. The van der Waals surface area contributed by atoms with Gasteiger partial charge in [0.25, 0.3) is 0 Å². The molecule has 0 spiro atoms. The van der Waals surface area contributed by atoms with Gasteiger partial charge < -0.3 is 15.7 Å². The fourth-order valence-electron chi connectivity index (χ4n) is 1.70. The maximum atomic E-state index is 11.9. The minimum absolute atomic E-state index is 0.0743. The molecule has 0 heterocycles. The molecule has 0 aliphatic carbocycles. The molecule has 0 fully saturated rings. The maximum absolute atomic E-state index is 11.9. The van der Waals surface area contributed by atoms with Crippen LogP contribution in [0.5, 0.6) is 0 Å². The van der Waals surface area contributed by atoms with Crippen LogP contribution in [0.2, 0.25) is 0 Å². The number of hydrogen-bond donors (Lipinski definition) is 3. The Bertz CT molecular complexity index is 735. The third-order valence-corrected chi connectivity index (χ3v) is 2.66. The molecule has 0 aliphatic heterocycles. The van der Waals surface area contributed by atoms with E-state index in [0.717, 1.165) is 0 Å². The van der Waals surface area contributed by atoms with Crippen molar-refractivity contribution in [2.24, 2.45) is 0 Å². The first-order chi connectivity index (χ1) is 10.1. The van der Waals surface area contributed by atoms with Gasteiger partial charge in [-0.05, 0) is 30.3 Å². The first-order valence-corrected chi connectivity index (χ1v) is 6.00. The van der Waals surface area contributed by atoms with Gasteiger partial charge in [-0.2, -0.15) is 5.26 Å². The van der Waals surface area contributed by atoms with Crippen molar-refractivity contribution in [2.45, 2.75) is 0 Å². The average molecular weight is 281 g/mol. The van der Waals surface area contributed by atoms with Crippen molar-refractivity contribution >= 4 is 23.4 Å². The first kappa shape index (κ1) is 14.1. The van der Waals surface area contributed by atoms with Crippen LogP contribution in [0.1, 0.15) is 15.9 Å². The summed E-state index contributed by atoms with van der Waals surface area (Å²) in [5.74, 6) is -1.08. The lowest BCUT2D eigenvalue weighted by Gasteiger charge is -2.09. The smallest absolute Gasteiger partial charge is 0.335 e. The standard InChI is InChI=1S/C15H11N3O3/c16-9-11-4-1-2-7-13(11)18-15(21)17-12-6-3-5-10(8-12)14(19)20/h1-8H,(H,19,20)(H2,17,18,21). The quantitative estimate of drug-likeness (QED) is 0.804. The molecule has 0 radical (unpaired) electrons. The maximum Gasteiger partial charge on any atom is 0.335 e. The number of hydrogen-bond acceptors (Lipinski definition) is 3. The van der Waals surface area contributed by atoms with Gasteiger partial charge in [0, 0.05) is 5.69 Å². The average Bonchev–Trinajstić information content (AvgIpc) is 2.48. The molecular weight excluding hydrogens is 270 g/mol. The predicted molar refractivity (Wildman–Crippen MR) is 77.2 cm³/mol. The van der Waals surface area contributed by atoms with Crippen LogP contribution < -0.4 is 10.6 Å². The van der Waals surface area contributed by atoms with Crippen LogP contribution in [0, 0.1) is 11.3 Å². The minimum atomic E-state index is -1.08. The van der Waals surface area contributed by atoms with Gasteiger partial charge in [0.1, 0.15) is 6.07 Å². The van der Waals surface area contributed by atoms with Gasteiger partial charge in [-0.15, -0.1) is 0 Å². The largest absolute Gasteiger partial charge is 0.478 e. The molecule has 2 aromatic rings. The van der Waals surface area contributed by atoms with Crippen molar-refractivity contribution in [3.63, 3.8) is 0 Å². The zero-order valence-electron chi connectivity index (χ0n) is 10.8. The molecule has 0 saturated carbocycles. The van der Waals surface area contributed by atoms with Crippen molar-refractivity contribution in [1.29, 1.82) is 5.26 Å². The number of carbonyl (C=O) groups is 2. The number of para-hydroxylation sites is 1. The number of carboxylic acids is 1. The summed E-state index contributed by atoms with van der Waals surface area (Å²) < 4.78 is 0. The summed E-state index contributed by atoms with van der Waals surface area (Å²) in [7, 11) is 0. The Morgan fingerprint density at radius 1 is 1.05 bits per heavy atom. The number of benzene rings is 2. The second-order valence-electron chi connectivity index (χ2n) is 4.12. The van der Waals surface area contributed by atoms with Crippen molar-refractivity contribution in [1.82, 2.24) is 0 Å². The lowest BCUT2D eigenvalue weighted by atomic mass is 10.2. The Labute approximate surface area is 120 Å². The summed E-state index contributed by atoms with van der Waals surface area (Å²) in [4.78, 5) is 22.7. The SMILES string of the molecule is N#Cc1ccccc1NC(=O)Nc1cccc(C(=O)O)c1. The fourth-order valence-corrected chi connectivity index (χ4v) is 1.70. The Morgan fingerprint density at radius 3 is 2.52 bits per heavy atom. The fraction of sp³-hybridized carbons (Fsp3) is 0. The molecule has 0 bridgehead atoms. The molecule has 6 heteroatoms. The number of carboxylic acid groups (broad SMARTS) is 1. The molecule has 0 saturated heterocycles. The van der Waals surface area contributed by atoms with Crippen LogP contribution in [0.25, 0.3) is 0 Å². The summed E-state index contributed by atoms with van der Waals surface area (Å²) in [6.07, 6.45) is 0. The van der Waals surface area contributed by atoms with E-state index >= 15 is 0 Å². The summed E-state index contributed by atoms with van der Waals surface area (Å²) in [6.45, 7) is 0. The predicted octanol–water partition coefficient (Wildman–Crippen LogP) is 2.90. The lowest BCUT2D eigenvalue weighted by molar-refractivity contribution is 0.0697. The summed E-state index contributed by atoms with van der Waals surface area (Å²) >= 11 is 0. The van der Waals surface area contributed by atoms with Gasteiger partial charge >= 0.3 is 12.0 Å². The highest BCUT2D eigenvalue weighted by molar-refractivity contribution is 6.01. The Hall–Kier alpha value is -3.33. The number of aromatic carboxylic acids is 1. The Balaban J connectivity index is 2.10. The van der Waals surface area contributed by atoms with Crippen LogP contribution in [-0.4, -0.2) is 17.1 Å². The molecule has 3 N–H and O–H groups in total. The first-order valence-electron chi connectivity index (χ1n) is 6.00. The summed E-state index contributed by atoms with van der Waals surface area (Å²) in [6, 6.07) is 13.9.